The van der Waals surface area contributed by atoms with Gasteiger partial charge in [0.1, 0.15) is 12.6 Å². The van der Waals surface area contributed by atoms with Crippen molar-refractivity contribution >= 4 is 34.2 Å². The quantitative estimate of drug-likeness (QED) is 0.564. The van der Waals surface area contributed by atoms with E-state index in [1.165, 1.54) is 33.4 Å². The average molecular weight is 443 g/mol. The van der Waals surface area contributed by atoms with E-state index < -0.39 is 29.7 Å². The van der Waals surface area contributed by atoms with Gasteiger partial charge >= 0.3 is 6.09 Å². The normalized spacial score (nSPS) is 15.7. The monoisotopic (exact) mass is 443 g/mol. The summed E-state index contributed by atoms with van der Waals surface area (Å²) in [5, 5.41) is 1.98. The predicted octanol–water partition coefficient (Wildman–Crippen LogP) is 4.89. The van der Waals surface area contributed by atoms with Crippen LogP contribution in [0.15, 0.2) is 60.1 Å². The first-order valence-electron chi connectivity index (χ1n) is 9.70. The molecule has 31 heavy (non-hydrogen) atoms. The average Bonchev–Trinajstić information content (AvgIpc) is 3.48. The van der Waals surface area contributed by atoms with Gasteiger partial charge in [-0.25, -0.2) is 18.6 Å². The summed E-state index contributed by atoms with van der Waals surface area (Å²) in [6.45, 7) is 0.462. The van der Waals surface area contributed by atoms with Crippen molar-refractivity contribution in [1.29, 1.82) is 0 Å². The van der Waals surface area contributed by atoms with E-state index in [0.717, 1.165) is 17.7 Å². The first kappa shape index (κ1) is 20.9. The Morgan fingerprint density at radius 2 is 1.97 bits per heavy atom. The zero-order valence-corrected chi connectivity index (χ0v) is 17.2. The van der Waals surface area contributed by atoms with Crippen LogP contribution in [0.2, 0.25) is 0 Å². The molecule has 1 unspecified atom stereocenters. The molecule has 2 amide bonds. The fourth-order valence-corrected chi connectivity index (χ4v) is 4.14. The number of aromatic nitrogens is 1. The van der Waals surface area contributed by atoms with Crippen LogP contribution < -0.4 is 4.90 Å². The summed E-state index contributed by atoms with van der Waals surface area (Å²) in [5.74, 6) is -2.53. The fourth-order valence-electron chi connectivity index (χ4n) is 3.48. The van der Waals surface area contributed by atoms with Gasteiger partial charge < -0.3 is 4.74 Å². The smallest absolute Gasteiger partial charge is 0.410 e. The van der Waals surface area contributed by atoms with E-state index in [0.29, 0.717) is 24.5 Å². The number of carbonyl (C=O) groups is 2. The highest BCUT2D eigenvalue weighted by atomic mass is 32.1. The van der Waals surface area contributed by atoms with Gasteiger partial charge in [-0.15, -0.1) is 11.3 Å². The molecule has 3 aromatic rings. The number of thiazole rings is 1. The van der Waals surface area contributed by atoms with Crippen molar-refractivity contribution in [2.75, 3.05) is 11.4 Å². The molecule has 0 saturated carbocycles. The maximum absolute atomic E-state index is 13.9. The van der Waals surface area contributed by atoms with Crippen LogP contribution in [0.25, 0.3) is 0 Å². The summed E-state index contributed by atoms with van der Waals surface area (Å²) in [6, 6.07) is 11.7. The van der Waals surface area contributed by atoms with E-state index in [2.05, 4.69) is 4.98 Å². The molecule has 0 aliphatic carbocycles. The van der Waals surface area contributed by atoms with Gasteiger partial charge in [-0.1, -0.05) is 30.3 Å². The molecule has 4 rings (SSSR count). The molecular formula is C22H19F2N3O3S. The van der Waals surface area contributed by atoms with Crippen molar-refractivity contribution in [2.45, 2.75) is 25.5 Å². The van der Waals surface area contributed by atoms with Crippen LogP contribution in [-0.2, 0) is 16.1 Å². The Hall–Kier alpha value is -3.33. The Morgan fingerprint density at radius 1 is 1.16 bits per heavy atom. The fraction of sp³-hybridized carbons (Fsp3) is 0.227. The molecule has 6 nitrogen and oxygen atoms in total. The molecule has 1 saturated heterocycles. The Morgan fingerprint density at radius 3 is 2.68 bits per heavy atom. The zero-order valence-electron chi connectivity index (χ0n) is 16.4. The van der Waals surface area contributed by atoms with Gasteiger partial charge in [-0.2, -0.15) is 0 Å². The van der Waals surface area contributed by atoms with Gasteiger partial charge in [0.25, 0.3) is 5.91 Å². The first-order chi connectivity index (χ1) is 15.0. The Kier molecular flexibility index (Phi) is 6.22. The minimum atomic E-state index is -1.07. The van der Waals surface area contributed by atoms with E-state index in [-0.39, 0.29) is 12.3 Å². The highest BCUT2D eigenvalue weighted by Gasteiger charge is 2.39. The van der Waals surface area contributed by atoms with E-state index >= 15 is 0 Å². The van der Waals surface area contributed by atoms with Crippen molar-refractivity contribution in [3.05, 3.63) is 77.3 Å². The lowest BCUT2D eigenvalue weighted by Crippen LogP contribution is -2.46. The number of anilines is 2. The van der Waals surface area contributed by atoms with Crippen LogP contribution in [0.4, 0.5) is 24.4 Å². The second-order valence-electron chi connectivity index (χ2n) is 6.98. The molecular weight excluding hydrogens is 424 g/mol. The number of likely N-dealkylation sites (tertiary alicyclic amines) is 1. The van der Waals surface area contributed by atoms with Gasteiger partial charge in [0, 0.05) is 24.2 Å². The molecule has 2 aromatic carbocycles. The number of halogens is 2. The summed E-state index contributed by atoms with van der Waals surface area (Å²) in [7, 11) is 0. The Balaban J connectivity index is 1.55. The number of benzene rings is 2. The molecule has 9 heteroatoms. The Labute approximate surface area is 181 Å². The van der Waals surface area contributed by atoms with Crippen LogP contribution in [0, 0.1) is 11.6 Å². The standard InChI is InChI=1S/C22H19F2N3O3S/c23-17-9-8-16(13-18(17)24)27(21-25-10-12-31-21)20(28)19-7-4-11-26(19)22(29)30-14-15-5-2-1-3-6-15/h1-3,5-6,8-10,12-13,19H,4,7,11,14H2. The lowest BCUT2D eigenvalue weighted by molar-refractivity contribution is -0.121. The summed E-state index contributed by atoms with van der Waals surface area (Å²) in [4.78, 5) is 32.9. The highest BCUT2D eigenvalue weighted by Crippen LogP contribution is 2.32. The van der Waals surface area contributed by atoms with Gasteiger partial charge in [0.2, 0.25) is 0 Å². The maximum Gasteiger partial charge on any atom is 0.410 e. The van der Waals surface area contributed by atoms with Crippen LogP contribution in [-0.4, -0.2) is 34.5 Å². The molecule has 1 aliphatic rings. The SMILES string of the molecule is O=C(C1CCCN1C(=O)OCc1ccccc1)N(c1ccc(F)c(F)c1)c1nccs1. The summed E-state index contributed by atoms with van der Waals surface area (Å²) >= 11 is 1.18. The van der Waals surface area contributed by atoms with E-state index in [1.807, 2.05) is 30.3 Å². The molecule has 1 aromatic heterocycles. The molecule has 0 radical (unpaired) electrons. The van der Waals surface area contributed by atoms with Gasteiger partial charge in [-0.3, -0.25) is 14.6 Å². The van der Waals surface area contributed by atoms with Crippen molar-refractivity contribution in [3.8, 4) is 0 Å². The minimum absolute atomic E-state index is 0.0937. The lowest BCUT2D eigenvalue weighted by Gasteiger charge is -2.28. The Bertz CT molecular complexity index is 1060. The van der Waals surface area contributed by atoms with Crippen LogP contribution in [0.3, 0.4) is 0 Å². The zero-order chi connectivity index (χ0) is 21.8. The van der Waals surface area contributed by atoms with Crippen LogP contribution >= 0.6 is 11.3 Å². The van der Waals surface area contributed by atoms with E-state index in [1.54, 1.807) is 5.38 Å². The second-order valence-corrected chi connectivity index (χ2v) is 7.85. The van der Waals surface area contributed by atoms with Crippen molar-refractivity contribution in [3.63, 3.8) is 0 Å². The summed E-state index contributed by atoms with van der Waals surface area (Å²) in [5.41, 5.74) is 0.979. The topological polar surface area (TPSA) is 62.7 Å². The van der Waals surface area contributed by atoms with Crippen LogP contribution in [0.1, 0.15) is 18.4 Å². The van der Waals surface area contributed by atoms with E-state index in [4.69, 9.17) is 4.74 Å². The number of carbonyl (C=O) groups excluding carboxylic acids is 2. The van der Waals surface area contributed by atoms with Crippen molar-refractivity contribution in [1.82, 2.24) is 9.88 Å². The molecule has 2 heterocycles. The predicted molar refractivity (Wildman–Crippen MR) is 112 cm³/mol. The minimum Gasteiger partial charge on any atom is -0.445 e. The van der Waals surface area contributed by atoms with Crippen LogP contribution in [0.5, 0.6) is 0 Å². The van der Waals surface area contributed by atoms with E-state index in [9.17, 15) is 18.4 Å². The molecule has 1 fully saturated rings. The number of amides is 2. The number of hydrogen-bond acceptors (Lipinski definition) is 5. The second kappa shape index (κ2) is 9.22. The molecule has 0 bridgehead atoms. The summed E-state index contributed by atoms with van der Waals surface area (Å²) in [6.07, 6.45) is 1.98. The molecule has 0 N–H and O–H groups in total. The van der Waals surface area contributed by atoms with Gasteiger partial charge in [0.15, 0.2) is 16.8 Å². The molecule has 0 spiro atoms. The number of rotatable bonds is 5. The third kappa shape index (κ3) is 4.56. The number of hydrogen-bond donors (Lipinski definition) is 0. The number of ether oxygens (including phenoxy) is 1. The largest absolute Gasteiger partial charge is 0.445 e. The van der Waals surface area contributed by atoms with Gasteiger partial charge in [-0.05, 0) is 30.5 Å². The first-order valence-corrected chi connectivity index (χ1v) is 10.6. The maximum atomic E-state index is 13.9. The lowest BCUT2D eigenvalue weighted by atomic mass is 10.1. The third-order valence-corrected chi connectivity index (χ3v) is 5.73. The van der Waals surface area contributed by atoms with Crippen molar-refractivity contribution < 1.29 is 23.1 Å². The molecule has 160 valence electrons. The molecule has 1 atom stereocenters. The number of nitrogens with zero attached hydrogens (tertiary/aromatic N) is 3. The highest BCUT2D eigenvalue weighted by molar-refractivity contribution is 7.13. The summed E-state index contributed by atoms with van der Waals surface area (Å²) < 4.78 is 32.7. The third-order valence-electron chi connectivity index (χ3n) is 4.97. The van der Waals surface area contributed by atoms with Crippen molar-refractivity contribution in [2.24, 2.45) is 0 Å². The molecule has 1 aliphatic heterocycles. The van der Waals surface area contributed by atoms with Gasteiger partial charge in [0.05, 0.1) is 5.69 Å².